The fourth-order valence-corrected chi connectivity index (χ4v) is 0.819. The molecule has 0 spiro atoms. The average molecular weight is 148 g/mol. The molecule has 8 heavy (non-hydrogen) atoms. The van der Waals surface area contributed by atoms with Crippen LogP contribution in [-0.4, -0.2) is 4.98 Å². The molecule has 0 amide bonds. The first-order valence-electron chi connectivity index (χ1n) is 2.05. The normalized spacial score (nSPS) is 9.12. The minimum atomic E-state index is 0.717. The number of aromatic amines is 1. The van der Waals surface area contributed by atoms with E-state index >= 15 is 0 Å². The van der Waals surface area contributed by atoms with Crippen molar-refractivity contribution in [3.63, 3.8) is 0 Å². The van der Waals surface area contributed by atoms with Crippen LogP contribution in [0.5, 0.6) is 0 Å². The zero-order valence-corrected chi connectivity index (χ0v) is 5.54. The number of H-pyrrole nitrogens is 1. The lowest BCUT2D eigenvalue weighted by Gasteiger charge is -1.75. The number of halogens is 1. The van der Waals surface area contributed by atoms with Crippen LogP contribution in [0.15, 0.2) is 23.6 Å². The fraction of sp³-hybridized carbons (Fsp3) is 0. The van der Waals surface area contributed by atoms with Crippen LogP contribution in [0, 0.1) is 0 Å². The summed E-state index contributed by atoms with van der Waals surface area (Å²) in [7, 11) is 6.42. The molecular weight excluding hydrogens is 144 g/mol. The van der Waals surface area contributed by atoms with Crippen LogP contribution in [-0.2, 0) is 0 Å². The molecule has 0 bridgehead atoms. The molecule has 0 aromatic carbocycles. The Hall–Kier alpha value is -0.280. The Bertz CT molecular complexity index is 155. The highest BCUT2D eigenvalue weighted by Gasteiger charge is 1.97. The Kier molecular flexibility index (Phi) is 2.11. The van der Waals surface area contributed by atoms with E-state index in [4.69, 9.17) is 10.7 Å². The van der Waals surface area contributed by atoms with E-state index in [2.05, 4.69) is 9.97 Å². The lowest BCUT2D eigenvalue weighted by Crippen LogP contribution is -2.04. The Morgan fingerprint density at radius 1 is 1.75 bits per heavy atom. The molecule has 0 fully saturated rings. The summed E-state index contributed by atoms with van der Waals surface area (Å²) in [5.74, 6) is 0. The summed E-state index contributed by atoms with van der Waals surface area (Å²) in [5, 5.41) is 0.717. The molecular formula is C4H4ClN2S+. The quantitative estimate of drug-likeness (QED) is 0.557. The Morgan fingerprint density at radius 3 is 3.00 bits per heavy atom. The molecule has 0 radical (unpaired) electrons. The van der Waals surface area contributed by atoms with Crippen molar-refractivity contribution in [1.82, 2.24) is 4.98 Å². The van der Waals surface area contributed by atoms with Gasteiger partial charge >= 0.3 is 5.16 Å². The molecule has 0 saturated heterocycles. The summed E-state index contributed by atoms with van der Waals surface area (Å²) in [6.45, 7) is 0. The molecule has 1 rings (SSSR count). The van der Waals surface area contributed by atoms with Gasteiger partial charge in [-0.15, -0.1) is 0 Å². The number of aromatic nitrogens is 2. The Balaban J connectivity index is 2.83. The van der Waals surface area contributed by atoms with Crippen molar-refractivity contribution in [2.45, 2.75) is 5.16 Å². The van der Waals surface area contributed by atoms with Gasteiger partial charge in [0.05, 0.1) is 17.2 Å². The van der Waals surface area contributed by atoms with Gasteiger partial charge in [0.25, 0.3) is 0 Å². The lowest BCUT2D eigenvalue weighted by molar-refractivity contribution is -0.433. The van der Waals surface area contributed by atoms with Crippen LogP contribution < -0.4 is 4.98 Å². The van der Waals surface area contributed by atoms with Gasteiger partial charge in [-0.2, -0.15) is 0 Å². The summed E-state index contributed by atoms with van der Waals surface area (Å²) in [4.78, 5) is 6.71. The summed E-state index contributed by atoms with van der Waals surface area (Å²) in [6, 6.07) is 1.80. The third-order valence-electron chi connectivity index (χ3n) is 0.654. The van der Waals surface area contributed by atoms with Gasteiger partial charge in [0.2, 0.25) is 0 Å². The third-order valence-corrected chi connectivity index (χ3v) is 1.46. The van der Waals surface area contributed by atoms with Crippen molar-refractivity contribution >= 4 is 21.7 Å². The monoisotopic (exact) mass is 147 g/mol. The zero-order valence-electron chi connectivity index (χ0n) is 3.97. The van der Waals surface area contributed by atoms with Crippen LogP contribution in [0.2, 0.25) is 0 Å². The maximum absolute atomic E-state index is 5.35. The summed E-state index contributed by atoms with van der Waals surface area (Å²) in [6.07, 6.45) is 3.46. The van der Waals surface area contributed by atoms with Crippen molar-refractivity contribution in [2.75, 3.05) is 0 Å². The van der Waals surface area contributed by atoms with Gasteiger partial charge in [-0.25, -0.2) is 4.98 Å². The molecule has 1 N–H and O–H groups in total. The van der Waals surface area contributed by atoms with Crippen LogP contribution in [0.1, 0.15) is 0 Å². The second kappa shape index (κ2) is 2.89. The number of nitrogens with one attached hydrogen (secondary N) is 1. The first-order valence-corrected chi connectivity index (χ1v) is 3.69. The highest BCUT2D eigenvalue weighted by molar-refractivity contribution is 8.20. The van der Waals surface area contributed by atoms with Gasteiger partial charge in [0, 0.05) is 6.07 Å². The predicted molar refractivity (Wildman–Crippen MR) is 32.5 cm³/mol. The molecule has 0 saturated carbocycles. The molecule has 0 aliphatic carbocycles. The van der Waals surface area contributed by atoms with E-state index in [1.807, 2.05) is 0 Å². The van der Waals surface area contributed by atoms with Gasteiger partial charge < -0.3 is 0 Å². The van der Waals surface area contributed by atoms with E-state index in [1.165, 1.54) is 0 Å². The molecule has 1 aromatic rings. The molecule has 0 unspecified atom stereocenters. The van der Waals surface area contributed by atoms with E-state index in [-0.39, 0.29) is 0 Å². The van der Waals surface area contributed by atoms with Crippen LogP contribution in [0.4, 0.5) is 0 Å². The number of hydrogen-bond acceptors (Lipinski definition) is 2. The van der Waals surface area contributed by atoms with Crippen LogP contribution >= 0.6 is 21.7 Å². The second-order valence-electron chi connectivity index (χ2n) is 1.16. The van der Waals surface area contributed by atoms with Gasteiger partial charge in [-0.05, 0) is 15.7 Å². The van der Waals surface area contributed by atoms with Gasteiger partial charge in [-0.3, -0.25) is 0 Å². The standard InChI is InChI=1S/C4H3ClN2S/c5-8-4-6-2-1-3-7-4/h1-3H/p+1. The Morgan fingerprint density at radius 2 is 2.62 bits per heavy atom. The molecule has 2 nitrogen and oxygen atoms in total. The van der Waals surface area contributed by atoms with E-state index in [1.54, 1.807) is 18.5 Å². The molecule has 1 aromatic heterocycles. The van der Waals surface area contributed by atoms with Crippen molar-refractivity contribution in [1.29, 1.82) is 0 Å². The first-order chi connectivity index (χ1) is 3.93. The summed E-state index contributed by atoms with van der Waals surface area (Å²) < 4.78 is 0. The molecule has 0 aliphatic rings. The highest BCUT2D eigenvalue weighted by Crippen LogP contribution is 2.11. The third kappa shape index (κ3) is 1.35. The minimum absolute atomic E-state index is 0.717. The maximum Gasteiger partial charge on any atom is 0.372 e. The van der Waals surface area contributed by atoms with Crippen LogP contribution in [0.3, 0.4) is 0 Å². The average Bonchev–Trinajstić information content (AvgIpc) is 1.90. The SMILES string of the molecule is ClSc1nccc[nH+]1. The Labute approximate surface area is 55.8 Å². The van der Waals surface area contributed by atoms with Gasteiger partial charge in [0.1, 0.15) is 6.20 Å². The van der Waals surface area contributed by atoms with Gasteiger partial charge in [-0.1, -0.05) is 0 Å². The topological polar surface area (TPSA) is 27.0 Å². The molecule has 0 atom stereocenters. The molecule has 42 valence electrons. The zero-order chi connectivity index (χ0) is 5.82. The van der Waals surface area contributed by atoms with Crippen molar-refractivity contribution < 1.29 is 4.98 Å². The van der Waals surface area contributed by atoms with Crippen LogP contribution in [0.25, 0.3) is 0 Å². The van der Waals surface area contributed by atoms with E-state index in [0.29, 0.717) is 5.16 Å². The summed E-state index contributed by atoms with van der Waals surface area (Å²) >= 11 is 0. The van der Waals surface area contributed by atoms with Crippen molar-refractivity contribution in [3.05, 3.63) is 18.5 Å². The second-order valence-corrected chi connectivity index (χ2v) is 2.17. The molecule has 0 aliphatic heterocycles. The maximum atomic E-state index is 5.35. The highest BCUT2D eigenvalue weighted by atomic mass is 35.7. The van der Waals surface area contributed by atoms with E-state index < -0.39 is 0 Å². The minimum Gasteiger partial charge on any atom is -0.237 e. The van der Waals surface area contributed by atoms with Crippen molar-refractivity contribution in [2.24, 2.45) is 0 Å². The number of hydrogen-bond donors (Lipinski definition) is 0. The first kappa shape index (κ1) is 5.85. The lowest BCUT2D eigenvalue weighted by atomic mass is 10.7. The fourth-order valence-electron chi connectivity index (χ4n) is 0.353. The molecule has 1 heterocycles. The smallest absolute Gasteiger partial charge is 0.237 e. The number of nitrogens with zero attached hydrogens (tertiary/aromatic N) is 1. The van der Waals surface area contributed by atoms with E-state index in [0.717, 1.165) is 11.0 Å². The van der Waals surface area contributed by atoms with Crippen molar-refractivity contribution in [3.8, 4) is 0 Å². The number of rotatable bonds is 1. The largest absolute Gasteiger partial charge is 0.372 e. The van der Waals surface area contributed by atoms with Gasteiger partial charge in [0.15, 0.2) is 0 Å². The summed E-state index contributed by atoms with van der Waals surface area (Å²) in [5.41, 5.74) is 0. The predicted octanol–water partition coefficient (Wildman–Crippen LogP) is 1.14. The molecule has 4 heteroatoms. The van der Waals surface area contributed by atoms with E-state index in [9.17, 15) is 0 Å².